The van der Waals surface area contributed by atoms with Crippen LogP contribution in [-0.2, 0) is 13.6 Å². The van der Waals surface area contributed by atoms with E-state index in [1.807, 2.05) is 19.1 Å². The Hall–Kier alpha value is -1.60. The van der Waals surface area contributed by atoms with Gasteiger partial charge in [0.15, 0.2) is 15.9 Å². The van der Waals surface area contributed by atoms with Crippen molar-refractivity contribution < 1.29 is 0 Å². The summed E-state index contributed by atoms with van der Waals surface area (Å²) in [4.78, 5) is 30.3. The fraction of sp³-hybridized carbons (Fsp3) is 0.357. The van der Waals surface area contributed by atoms with Gasteiger partial charge in [-0.15, -0.1) is 0 Å². The number of nitrogens with one attached hydrogen (secondary N) is 1. The minimum absolute atomic E-state index is 0.347. The second kappa shape index (κ2) is 6.66. The van der Waals surface area contributed by atoms with Crippen molar-refractivity contribution in [3.8, 4) is 0 Å². The molecule has 0 saturated heterocycles. The van der Waals surface area contributed by atoms with Crippen LogP contribution in [0, 0.1) is 0 Å². The van der Waals surface area contributed by atoms with Gasteiger partial charge in [-0.1, -0.05) is 30.2 Å². The van der Waals surface area contributed by atoms with Crippen LogP contribution in [0.2, 0.25) is 0 Å². The van der Waals surface area contributed by atoms with Crippen LogP contribution in [0.15, 0.2) is 37.1 Å². The number of hydrogen-bond acceptors (Lipinski definition) is 3. The fourth-order valence-electron chi connectivity index (χ4n) is 2.07. The van der Waals surface area contributed by atoms with E-state index < -0.39 is 11.2 Å². The number of fused-ring (bicyclic) bond motifs is 1. The Balaban J connectivity index is 2.62. The first-order chi connectivity index (χ1) is 10.3. The van der Waals surface area contributed by atoms with Crippen LogP contribution >= 0.6 is 27.5 Å². The topological polar surface area (TPSA) is 72.7 Å². The van der Waals surface area contributed by atoms with Gasteiger partial charge in [-0.3, -0.25) is 14.3 Å². The zero-order valence-electron chi connectivity index (χ0n) is 12.5. The lowest BCUT2D eigenvalue weighted by atomic mass is 10.2. The summed E-state index contributed by atoms with van der Waals surface area (Å²) in [6.07, 6.45) is 4.54. The molecule has 1 N–H and O–H groups in total. The summed E-state index contributed by atoms with van der Waals surface area (Å²) >= 11 is 9.20. The summed E-state index contributed by atoms with van der Waals surface area (Å²) in [6.45, 7) is 4.31. The van der Waals surface area contributed by atoms with E-state index >= 15 is 0 Å². The Labute approximate surface area is 140 Å². The molecule has 22 heavy (non-hydrogen) atoms. The molecule has 0 saturated carbocycles. The maximum absolute atomic E-state index is 12.1. The largest absolute Gasteiger partial charge is 0.329 e. The van der Waals surface area contributed by atoms with Crippen molar-refractivity contribution in [2.75, 3.05) is 0 Å². The number of hydrogen-bond donors (Lipinski definition) is 1. The smallest absolute Gasteiger partial charge is 0.309 e. The molecule has 0 radical (unpaired) electrons. The third-order valence-electron chi connectivity index (χ3n) is 3.32. The molecule has 2 heterocycles. The molecule has 0 amide bonds. The Bertz CT molecular complexity index is 885. The van der Waals surface area contributed by atoms with Gasteiger partial charge in [0, 0.05) is 18.6 Å². The molecule has 0 fully saturated rings. The predicted molar refractivity (Wildman–Crippen MR) is 91.3 cm³/mol. The molecule has 0 unspecified atom stereocenters. The number of aromatic nitrogens is 4. The molecule has 0 bridgehead atoms. The molecular weight excluding hydrogens is 372 g/mol. The number of nitrogens with zero attached hydrogens (tertiary/aromatic N) is 3. The Morgan fingerprint density at radius 1 is 1.41 bits per heavy atom. The first kappa shape index (κ1) is 16.8. The highest BCUT2D eigenvalue weighted by Crippen LogP contribution is 2.19. The summed E-state index contributed by atoms with van der Waals surface area (Å²) in [5, 5.41) is 0.681. The van der Waals surface area contributed by atoms with Gasteiger partial charge in [0.2, 0.25) is 0 Å². The maximum Gasteiger partial charge on any atom is 0.329 e. The lowest BCUT2D eigenvalue weighted by Gasteiger charge is -2.08. The van der Waals surface area contributed by atoms with E-state index in [-0.39, 0.29) is 0 Å². The van der Waals surface area contributed by atoms with Crippen molar-refractivity contribution in [2.45, 2.75) is 26.8 Å². The molecule has 118 valence electrons. The summed E-state index contributed by atoms with van der Waals surface area (Å²) in [6, 6.07) is 0. The number of H-pyrrole nitrogens is 1. The van der Waals surface area contributed by atoms with E-state index in [4.69, 9.17) is 11.6 Å². The maximum atomic E-state index is 12.1. The highest BCUT2D eigenvalue weighted by atomic mass is 79.9. The molecule has 0 spiro atoms. The second-order valence-electron chi connectivity index (χ2n) is 4.89. The first-order valence-electron chi connectivity index (χ1n) is 6.72. The summed E-state index contributed by atoms with van der Waals surface area (Å²) in [7, 11) is 1.57. The number of imidazole rings is 1. The lowest BCUT2D eigenvalue weighted by molar-refractivity contribution is 0.754. The number of rotatable bonds is 4. The normalized spacial score (nSPS) is 13.1. The van der Waals surface area contributed by atoms with E-state index in [9.17, 15) is 9.59 Å². The van der Waals surface area contributed by atoms with Crippen molar-refractivity contribution in [2.24, 2.45) is 7.05 Å². The van der Waals surface area contributed by atoms with Gasteiger partial charge < -0.3 is 4.57 Å². The van der Waals surface area contributed by atoms with Gasteiger partial charge in [-0.05, 0) is 35.4 Å². The monoisotopic (exact) mass is 386 g/mol. The molecule has 0 aliphatic carbocycles. The van der Waals surface area contributed by atoms with Crippen LogP contribution in [0.1, 0.15) is 20.3 Å². The van der Waals surface area contributed by atoms with Crippen LogP contribution in [-0.4, -0.2) is 19.1 Å². The van der Waals surface area contributed by atoms with Gasteiger partial charge in [-0.2, -0.15) is 0 Å². The summed E-state index contributed by atoms with van der Waals surface area (Å²) in [5.41, 5.74) is 0.853. The summed E-state index contributed by atoms with van der Waals surface area (Å²) in [5.74, 6) is 0. The Morgan fingerprint density at radius 2 is 2.09 bits per heavy atom. The standard InChI is InChI=1S/C14H16BrClN4O2/c1-4-9(6-5-8(2)16)7-20-10-11(17-13(20)15)19(3)14(22)18-12(10)21/h5-6H,4,7H2,1-3H3,(H,18,21,22)/b8-5+,9-6+. The number of halogens is 2. The summed E-state index contributed by atoms with van der Waals surface area (Å²) < 4.78 is 3.55. The van der Waals surface area contributed by atoms with E-state index in [0.29, 0.717) is 27.5 Å². The van der Waals surface area contributed by atoms with Crippen LogP contribution in [0.4, 0.5) is 0 Å². The van der Waals surface area contributed by atoms with Crippen molar-refractivity contribution in [3.63, 3.8) is 0 Å². The first-order valence-corrected chi connectivity index (χ1v) is 7.89. The van der Waals surface area contributed by atoms with Crippen LogP contribution in [0.5, 0.6) is 0 Å². The van der Waals surface area contributed by atoms with Gasteiger partial charge in [0.05, 0.1) is 0 Å². The quantitative estimate of drug-likeness (QED) is 0.647. The molecule has 0 aliphatic rings. The van der Waals surface area contributed by atoms with Crippen LogP contribution in [0.25, 0.3) is 11.2 Å². The van der Waals surface area contributed by atoms with Crippen molar-refractivity contribution in [3.05, 3.63) is 48.3 Å². The number of allylic oxidation sites excluding steroid dienone is 4. The molecule has 0 aliphatic heterocycles. The fourth-order valence-corrected chi connectivity index (χ4v) is 2.60. The second-order valence-corrected chi connectivity index (χ2v) is 6.19. The van der Waals surface area contributed by atoms with Gasteiger partial charge in [0.1, 0.15) is 0 Å². The molecule has 2 aromatic rings. The number of aryl methyl sites for hydroxylation is 1. The highest BCUT2D eigenvalue weighted by Gasteiger charge is 2.16. The molecule has 6 nitrogen and oxygen atoms in total. The zero-order chi connectivity index (χ0) is 16.4. The van der Waals surface area contributed by atoms with Crippen LogP contribution < -0.4 is 11.2 Å². The molecule has 0 aromatic carbocycles. The zero-order valence-corrected chi connectivity index (χ0v) is 14.8. The van der Waals surface area contributed by atoms with Crippen LogP contribution in [0.3, 0.4) is 0 Å². The van der Waals surface area contributed by atoms with Crippen molar-refractivity contribution in [1.29, 1.82) is 0 Å². The van der Waals surface area contributed by atoms with Crippen molar-refractivity contribution in [1.82, 2.24) is 19.1 Å². The number of aromatic amines is 1. The molecule has 2 rings (SSSR count). The minimum atomic E-state index is -0.485. The third-order valence-corrected chi connectivity index (χ3v) is 4.06. The SMILES string of the molecule is CC/C(=C\C=C(/C)Cl)Cn1c(Br)nc2c1c(=O)[nH]c(=O)n2C. The minimum Gasteiger partial charge on any atom is -0.309 e. The predicted octanol–water partition coefficient (Wildman–Crippen LogP) is 2.66. The van der Waals surface area contributed by atoms with E-state index in [2.05, 4.69) is 25.9 Å². The van der Waals surface area contributed by atoms with E-state index in [1.54, 1.807) is 18.5 Å². The molecule has 8 heteroatoms. The lowest BCUT2D eigenvalue weighted by Crippen LogP contribution is -2.29. The highest BCUT2D eigenvalue weighted by molar-refractivity contribution is 9.10. The van der Waals surface area contributed by atoms with Gasteiger partial charge >= 0.3 is 5.69 Å². The average Bonchev–Trinajstić information content (AvgIpc) is 2.78. The molecule has 2 aromatic heterocycles. The average molecular weight is 388 g/mol. The Morgan fingerprint density at radius 3 is 2.68 bits per heavy atom. The molecular formula is C14H16BrClN4O2. The van der Waals surface area contributed by atoms with E-state index in [1.165, 1.54) is 4.57 Å². The third kappa shape index (κ3) is 3.25. The van der Waals surface area contributed by atoms with E-state index in [0.717, 1.165) is 12.0 Å². The van der Waals surface area contributed by atoms with Gasteiger partial charge in [0.25, 0.3) is 5.56 Å². The van der Waals surface area contributed by atoms with Crippen molar-refractivity contribution >= 4 is 38.7 Å². The Kier molecular flexibility index (Phi) is 5.08. The molecule has 0 atom stereocenters. The van der Waals surface area contributed by atoms with Gasteiger partial charge in [-0.25, -0.2) is 9.78 Å².